The fourth-order valence-corrected chi connectivity index (χ4v) is 4.11. The topological polar surface area (TPSA) is 99.3 Å². The molecule has 2 saturated carbocycles. The lowest BCUT2D eigenvalue weighted by atomic mass is 10.1. The zero-order valence-electron chi connectivity index (χ0n) is 13.8. The first-order valence-electron chi connectivity index (χ1n) is 8.84. The van der Waals surface area contributed by atoms with Crippen molar-refractivity contribution in [3.8, 4) is 0 Å². The number of hydrogen-bond donors (Lipinski definition) is 4. The third-order valence-corrected chi connectivity index (χ3v) is 5.60. The van der Waals surface area contributed by atoms with Crippen molar-refractivity contribution >= 4 is 29.5 Å². The Hall–Kier alpha value is -1.28. The standard InChI is InChI=1S/C16H26N4O3S/c21-13(17-11-5-6-11)7-12-8-14(22)20-16(19-12)24-9-15(23)18-10-3-1-2-4-10/h10-12,16,19H,1-9H2,(H,17,21)(H,18,23)(H,20,22). The van der Waals surface area contributed by atoms with Gasteiger partial charge < -0.3 is 16.0 Å². The Morgan fingerprint density at radius 2 is 1.71 bits per heavy atom. The second-order valence-electron chi connectivity index (χ2n) is 6.92. The van der Waals surface area contributed by atoms with Gasteiger partial charge in [0.05, 0.1) is 5.75 Å². The third kappa shape index (κ3) is 5.66. The van der Waals surface area contributed by atoms with E-state index < -0.39 is 0 Å². The first kappa shape index (κ1) is 17.5. The van der Waals surface area contributed by atoms with Gasteiger partial charge in [-0.3, -0.25) is 19.7 Å². The highest BCUT2D eigenvalue weighted by Crippen LogP contribution is 2.20. The van der Waals surface area contributed by atoms with E-state index in [4.69, 9.17) is 0 Å². The van der Waals surface area contributed by atoms with Gasteiger partial charge in [-0.05, 0) is 25.7 Å². The summed E-state index contributed by atoms with van der Waals surface area (Å²) in [6.45, 7) is 0. The molecule has 134 valence electrons. The molecule has 3 rings (SSSR count). The lowest BCUT2D eigenvalue weighted by molar-refractivity contribution is -0.125. The van der Waals surface area contributed by atoms with Crippen molar-refractivity contribution in [2.24, 2.45) is 0 Å². The molecule has 0 spiro atoms. The highest BCUT2D eigenvalue weighted by molar-refractivity contribution is 8.00. The quantitative estimate of drug-likeness (QED) is 0.524. The van der Waals surface area contributed by atoms with Crippen molar-refractivity contribution in [2.75, 3.05) is 5.75 Å². The van der Waals surface area contributed by atoms with Crippen LogP contribution in [0.1, 0.15) is 51.4 Å². The Morgan fingerprint density at radius 3 is 2.42 bits per heavy atom. The molecule has 3 fully saturated rings. The minimum absolute atomic E-state index is 0.00701. The molecule has 2 atom stereocenters. The van der Waals surface area contributed by atoms with Crippen molar-refractivity contribution in [1.82, 2.24) is 21.3 Å². The highest BCUT2D eigenvalue weighted by Gasteiger charge is 2.30. The monoisotopic (exact) mass is 354 g/mol. The molecule has 24 heavy (non-hydrogen) atoms. The minimum Gasteiger partial charge on any atom is -0.353 e. The van der Waals surface area contributed by atoms with Gasteiger partial charge in [0.1, 0.15) is 5.50 Å². The molecule has 0 radical (unpaired) electrons. The molecule has 0 aromatic carbocycles. The molecular weight excluding hydrogens is 328 g/mol. The van der Waals surface area contributed by atoms with E-state index in [1.165, 1.54) is 24.6 Å². The van der Waals surface area contributed by atoms with Crippen LogP contribution >= 0.6 is 11.8 Å². The summed E-state index contributed by atoms with van der Waals surface area (Å²) in [5.41, 5.74) is -0.320. The smallest absolute Gasteiger partial charge is 0.230 e. The number of rotatable bonds is 7. The highest BCUT2D eigenvalue weighted by atomic mass is 32.2. The van der Waals surface area contributed by atoms with E-state index in [0.717, 1.165) is 25.7 Å². The van der Waals surface area contributed by atoms with Crippen molar-refractivity contribution in [3.63, 3.8) is 0 Å². The zero-order chi connectivity index (χ0) is 16.9. The minimum atomic E-state index is -0.320. The molecule has 0 aromatic rings. The zero-order valence-corrected chi connectivity index (χ0v) is 14.6. The Labute approximate surface area is 146 Å². The summed E-state index contributed by atoms with van der Waals surface area (Å²) in [7, 11) is 0. The first-order chi connectivity index (χ1) is 11.6. The van der Waals surface area contributed by atoms with Crippen LogP contribution < -0.4 is 21.3 Å². The number of carbonyl (C=O) groups excluding carboxylic acids is 3. The van der Waals surface area contributed by atoms with Crippen LogP contribution in [-0.4, -0.2) is 47.1 Å². The van der Waals surface area contributed by atoms with Gasteiger partial charge in [-0.2, -0.15) is 0 Å². The predicted octanol–water partition coefficient (Wildman–Crippen LogP) is 0.209. The van der Waals surface area contributed by atoms with E-state index in [-0.39, 0.29) is 29.3 Å². The Morgan fingerprint density at radius 1 is 1.04 bits per heavy atom. The van der Waals surface area contributed by atoms with E-state index in [9.17, 15) is 14.4 Å². The molecule has 0 aromatic heterocycles. The molecule has 3 aliphatic rings. The Balaban J connectivity index is 1.38. The summed E-state index contributed by atoms with van der Waals surface area (Å²) >= 11 is 1.36. The summed E-state index contributed by atoms with van der Waals surface area (Å²) in [5.74, 6) is 0.228. The van der Waals surface area contributed by atoms with E-state index in [2.05, 4.69) is 21.3 Å². The molecule has 1 saturated heterocycles. The molecule has 0 bridgehead atoms. The summed E-state index contributed by atoms with van der Waals surface area (Å²) in [6.07, 6.45) is 7.20. The average molecular weight is 354 g/mol. The number of nitrogens with one attached hydrogen (secondary N) is 4. The van der Waals surface area contributed by atoms with Crippen LogP contribution in [0.4, 0.5) is 0 Å². The molecule has 2 unspecified atom stereocenters. The van der Waals surface area contributed by atoms with Crippen LogP contribution in [0.2, 0.25) is 0 Å². The second kappa shape index (κ2) is 8.20. The maximum Gasteiger partial charge on any atom is 0.230 e. The summed E-state index contributed by atoms with van der Waals surface area (Å²) in [4.78, 5) is 35.7. The van der Waals surface area contributed by atoms with Crippen molar-refractivity contribution < 1.29 is 14.4 Å². The Kier molecular flexibility index (Phi) is 5.99. The maximum atomic E-state index is 12.0. The van der Waals surface area contributed by atoms with Gasteiger partial charge in [0.15, 0.2) is 0 Å². The third-order valence-electron chi connectivity index (χ3n) is 4.59. The summed E-state index contributed by atoms with van der Waals surface area (Å²) < 4.78 is 0. The fraction of sp³-hybridized carbons (Fsp3) is 0.812. The molecule has 2 aliphatic carbocycles. The van der Waals surface area contributed by atoms with Crippen LogP contribution in [0.25, 0.3) is 0 Å². The first-order valence-corrected chi connectivity index (χ1v) is 9.89. The Bertz CT molecular complexity index is 492. The number of amides is 3. The van der Waals surface area contributed by atoms with Gasteiger partial charge >= 0.3 is 0 Å². The lowest BCUT2D eigenvalue weighted by Crippen LogP contribution is -2.56. The predicted molar refractivity (Wildman–Crippen MR) is 92.1 cm³/mol. The van der Waals surface area contributed by atoms with Crippen LogP contribution in [0.15, 0.2) is 0 Å². The lowest BCUT2D eigenvalue weighted by Gasteiger charge is -2.30. The normalized spacial score (nSPS) is 27.6. The summed E-state index contributed by atoms with van der Waals surface area (Å²) in [6, 6.07) is 0.471. The molecule has 8 heteroatoms. The van der Waals surface area contributed by atoms with E-state index in [0.29, 0.717) is 30.7 Å². The fourth-order valence-electron chi connectivity index (χ4n) is 3.20. The van der Waals surface area contributed by atoms with Gasteiger partial charge in [-0.25, -0.2) is 0 Å². The van der Waals surface area contributed by atoms with Crippen molar-refractivity contribution in [2.45, 2.75) is 75.0 Å². The molecule has 1 heterocycles. The molecule has 3 amide bonds. The molecule has 1 aliphatic heterocycles. The van der Waals surface area contributed by atoms with Crippen LogP contribution in [0.5, 0.6) is 0 Å². The summed E-state index contributed by atoms with van der Waals surface area (Å²) in [5, 5.41) is 12.0. The molecular formula is C16H26N4O3S. The maximum absolute atomic E-state index is 12.0. The van der Waals surface area contributed by atoms with Gasteiger partial charge in [-0.15, -0.1) is 11.8 Å². The number of thioether (sulfide) groups is 1. The van der Waals surface area contributed by atoms with Gasteiger partial charge in [0.25, 0.3) is 0 Å². The number of hydrogen-bond acceptors (Lipinski definition) is 5. The van der Waals surface area contributed by atoms with Crippen molar-refractivity contribution in [1.29, 1.82) is 0 Å². The van der Waals surface area contributed by atoms with Gasteiger partial charge in [0, 0.05) is 31.0 Å². The van der Waals surface area contributed by atoms with Gasteiger partial charge in [-0.1, -0.05) is 12.8 Å². The van der Waals surface area contributed by atoms with Crippen LogP contribution in [-0.2, 0) is 14.4 Å². The average Bonchev–Trinajstić information content (AvgIpc) is 3.17. The van der Waals surface area contributed by atoms with Crippen LogP contribution in [0.3, 0.4) is 0 Å². The second-order valence-corrected chi connectivity index (χ2v) is 8.01. The van der Waals surface area contributed by atoms with E-state index >= 15 is 0 Å². The largest absolute Gasteiger partial charge is 0.353 e. The van der Waals surface area contributed by atoms with E-state index in [1.807, 2.05) is 0 Å². The van der Waals surface area contributed by atoms with Crippen LogP contribution in [0, 0.1) is 0 Å². The van der Waals surface area contributed by atoms with E-state index in [1.54, 1.807) is 0 Å². The van der Waals surface area contributed by atoms with Gasteiger partial charge in [0.2, 0.25) is 17.7 Å². The number of carbonyl (C=O) groups is 3. The van der Waals surface area contributed by atoms with Crippen molar-refractivity contribution in [3.05, 3.63) is 0 Å². The molecule has 7 nitrogen and oxygen atoms in total. The molecule has 4 N–H and O–H groups in total. The SMILES string of the molecule is O=C(CSC1NC(=O)CC(CC(=O)NC2CC2)N1)NC1CCCC1.